The molecular formula is C19H18Cl2N2O5S. The van der Waals surface area contributed by atoms with E-state index >= 15 is 0 Å². The van der Waals surface area contributed by atoms with Gasteiger partial charge >= 0.3 is 0 Å². The molecule has 1 aliphatic rings. The van der Waals surface area contributed by atoms with Crippen LogP contribution in [0.2, 0.25) is 10.0 Å². The molecule has 1 aliphatic heterocycles. The van der Waals surface area contributed by atoms with Gasteiger partial charge < -0.3 is 10.1 Å². The average molecular weight is 457 g/mol. The molecule has 1 heterocycles. The van der Waals surface area contributed by atoms with E-state index in [9.17, 15) is 18.0 Å². The normalized spacial score (nSPS) is 17.6. The molecule has 0 saturated carbocycles. The smallest absolute Gasteiger partial charge is 0.266 e. The highest BCUT2D eigenvalue weighted by Crippen LogP contribution is 2.28. The molecule has 1 N–H and O–H groups in total. The molecule has 3 rings (SSSR count). The highest BCUT2D eigenvalue weighted by atomic mass is 35.5. The minimum atomic E-state index is -4.23. The summed E-state index contributed by atoms with van der Waals surface area (Å²) in [5, 5.41) is 3.41. The van der Waals surface area contributed by atoms with Crippen LogP contribution < -0.4 is 10.1 Å². The molecule has 0 aromatic heterocycles. The second-order valence-corrected chi connectivity index (χ2v) is 9.20. The Bertz CT molecular complexity index is 1040. The fourth-order valence-electron chi connectivity index (χ4n) is 3.06. The summed E-state index contributed by atoms with van der Waals surface area (Å²) in [7, 11) is -2.74. The van der Waals surface area contributed by atoms with Crippen LogP contribution in [-0.2, 0) is 26.0 Å². The molecule has 0 spiro atoms. The van der Waals surface area contributed by atoms with Gasteiger partial charge in [0.1, 0.15) is 12.3 Å². The van der Waals surface area contributed by atoms with Crippen molar-refractivity contribution < 1.29 is 22.7 Å². The first kappa shape index (κ1) is 21.4. The SMILES string of the molecule is COc1ccc(Cl)cc1C[C@H]1CNC(=O)CN(S(=O)(=O)c2ccc(Cl)cc2)C1=O. The largest absolute Gasteiger partial charge is 0.496 e. The summed E-state index contributed by atoms with van der Waals surface area (Å²) in [4.78, 5) is 25.1. The third kappa shape index (κ3) is 4.66. The van der Waals surface area contributed by atoms with Gasteiger partial charge in [0.05, 0.1) is 17.9 Å². The average Bonchev–Trinajstić information content (AvgIpc) is 2.82. The van der Waals surface area contributed by atoms with Gasteiger partial charge in [0.15, 0.2) is 0 Å². The topological polar surface area (TPSA) is 92.8 Å². The number of methoxy groups -OCH3 is 1. The van der Waals surface area contributed by atoms with Gasteiger partial charge in [0.2, 0.25) is 11.8 Å². The molecule has 2 aromatic rings. The molecule has 2 amide bonds. The maximum absolute atomic E-state index is 13.1. The van der Waals surface area contributed by atoms with Crippen LogP contribution in [0.15, 0.2) is 47.4 Å². The minimum absolute atomic E-state index is 0.0000277. The summed E-state index contributed by atoms with van der Waals surface area (Å²) in [5.41, 5.74) is 0.637. The van der Waals surface area contributed by atoms with Crippen molar-refractivity contribution in [2.45, 2.75) is 11.3 Å². The van der Waals surface area contributed by atoms with Gasteiger partial charge in [-0.05, 0) is 54.4 Å². The molecule has 154 valence electrons. The number of hydrogen-bond donors (Lipinski definition) is 1. The second-order valence-electron chi connectivity index (χ2n) is 6.47. The molecular weight excluding hydrogens is 439 g/mol. The maximum atomic E-state index is 13.1. The number of amides is 2. The van der Waals surface area contributed by atoms with E-state index < -0.39 is 34.3 Å². The summed E-state index contributed by atoms with van der Waals surface area (Å²) >= 11 is 11.9. The summed E-state index contributed by atoms with van der Waals surface area (Å²) in [6.45, 7) is -0.590. The van der Waals surface area contributed by atoms with E-state index in [4.69, 9.17) is 27.9 Å². The van der Waals surface area contributed by atoms with Crippen LogP contribution in [0.3, 0.4) is 0 Å². The number of halogens is 2. The van der Waals surface area contributed by atoms with Crippen molar-refractivity contribution in [3.05, 3.63) is 58.1 Å². The molecule has 0 unspecified atom stereocenters. The summed E-state index contributed by atoms with van der Waals surface area (Å²) in [6, 6.07) is 10.4. The molecule has 0 bridgehead atoms. The van der Waals surface area contributed by atoms with Crippen molar-refractivity contribution in [3.8, 4) is 5.75 Å². The number of hydrogen-bond acceptors (Lipinski definition) is 5. The van der Waals surface area contributed by atoms with Crippen LogP contribution in [0.5, 0.6) is 5.75 Å². The highest BCUT2D eigenvalue weighted by Gasteiger charge is 2.38. The standard InChI is InChI=1S/C19H18Cl2N2O5S/c1-28-17-7-4-15(21)9-12(17)8-13-10-22-18(24)11-23(19(13)25)29(26,27)16-5-2-14(20)3-6-16/h2-7,9,13H,8,10-11H2,1H3,(H,22,24)/t13-/m0/s1. The zero-order valence-corrected chi connectivity index (χ0v) is 17.7. The van der Waals surface area contributed by atoms with Crippen molar-refractivity contribution in [3.63, 3.8) is 0 Å². The van der Waals surface area contributed by atoms with Gasteiger partial charge in [-0.15, -0.1) is 0 Å². The van der Waals surface area contributed by atoms with Gasteiger partial charge in [-0.3, -0.25) is 9.59 Å². The number of rotatable bonds is 5. The Hall–Kier alpha value is -2.29. The number of ether oxygens (including phenoxy) is 1. The molecule has 0 aliphatic carbocycles. The van der Waals surface area contributed by atoms with E-state index in [-0.39, 0.29) is 17.9 Å². The highest BCUT2D eigenvalue weighted by molar-refractivity contribution is 7.89. The first-order chi connectivity index (χ1) is 13.7. The zero-order valence-electron chi connectivity index (χ0n) is 15.4. The monoisotopic (exact) mass is 456 g/mol. The lowest BCUT2D eigenvalue weighted by molar-refractivity contribution is -0.131. The Morgan fingerprint density at radius 3 is 2.41 bits per heavy atom. The molecule has 7 nitrogen and oxygen atoms in total. The van der Waals surface area contributed by atoms with Crippen molar-refractivity contribution in [2.24, 2.45) is 5.92 Å². The number of nitrogens with one attached hydrogen (secondary N) is 1. The van der Waals surface area contributed by atoms with Crippen LogP contribution in [0.1, 0.15) is 5.56 Å². The van der Waals surface area contributed by atoms with E-state index in [0.29, 0.717) is 25.7 Å². The molecule has 2 aromatic carbocycles. The quantitative estimate of drug-likeness (QED) is 0.745. The third-order valence-corrected chi connectivity index (χ3v) is 6.78. The van der Waals surface area contributed by atoms with Crippen LogP contribution >= 0.6 is 23.2 Å². The Kier molecular flexibility index (Phi) is 6.36. The molecule has 10 heteroatoms. The van der Waals surface area contributed by atoms with Gasteiger partial charge in [0.25, 0.3) is 10.0 Å². The van der Waals surface area contributed by atoms with Crippen molar-refractivity contribution in [2.75, 3.05) is 20.2 Å². The number of benzene rings is 2. The summed E-state index contributed by atoms with van der Waals surface area (Å²) < 4.78 is 32.0. The number of sulfonamides is 1. The fourth-order valence-corrected chi connectivity index (χ4v) is 4.79. The van der Waals surface area contributed by atoms with Gasteiger partial charge in [-0.2, -0.15) is 0 Å². The van der Waals surface area contributed by atoms with E-state index in [1.54, 1.807) is 18.2 Å². The number of carbonyl (C=O) groups is 2. The van der Waals surface area contributed by atoms with E-state index in [1.807, 2.05) is 0 Å². The van der Waals surface area contributed by atoms with Crippen LogP contribution in [0.4, 0.5) is 0 Å². The Morgan fingerprint density at radius 1 is 1.10 bits per heavy atom. The first-order valence-corrected chi connectivity index (χ1v) is 10.8. The van der Waals surface area contributed by atoms with Crippen molar-refractivity contribution in [1.29, 1.82) is 0 Å². The molecule has 0 radical (unpaired) electrons. The fraction of sp³-hybridized carbons (Fsp3) is 0.263. The lowest BCUT2D eigenvalue weighted by Gasteiger charge is -2.23. The van der Waals surface area contributed by atoms with Gasteiger partial charge in [-0.25, -0.2) is 12.7 Å². The van der Waals surface area contributed by atoms with Gasteiger partial charge in [0, 0.05) is 16.6 Å². The molecule has 1 fully saturated rings. The Morgan fingerprint density at radius 2 is 1.76 bits per heavy atom. The molecule has 1 saturated heterocycles. The van der Waals surface area contributed by atoms with Crippen LogP contribution in [0.25, 0.3) is 0 Å². The van der Waals surface area contributed by atoms with E-state index in [0.717, 1.165) is 0 Å². The van der Waals surface area contributed by atoms with E-state index in [1.165, 1.54) is 31.4 Å². The predicted molar refractivity (Wildman–Crippen MR) is 109 cm³/mol. The minimum Gasteiger partial charge on any atom is -0.496 e. The lowest BCUT2D eigenvalue weighted by atomic mass is 9.98. The van der Waals surface area contributed by atoms with Crippen LogP contribution in [-0.4, -0.2) is 44.7 Å². The van der Waals surface area contributed by atoms with Crippen LogP contribution in [0, 0.1) is 5.92 Å². The Balaban J connectivity index is 1.95. The predicted octanol–water partition coefficient (Wildman–Crippen LogP) is 2.51. The maximum Gasteiger partial charge on any atom is 0.266 e. The summed E-state index contributed by atoms with van der Waals surface area (Å²) in [6.07, 6.45) is 0.148. The van der Waals surface area contributed by atoms with E-state index in [2.05, 4.69) is 5.32 Å². The van der Waals surface area contributed by atoms with Gasteiger partial charge in [-0.1, -0.05) is 23.2 Å². The zero-order chi connectivity index (χ0) is 21.2. The number of carbonyl (C=O) groups excluding carboxylic acids is 2. The molecule has 29 heavy (non-hydrogen) atoms. The van der Waals surface area contributed by atoms with Crippen molar-refractivity contribution in [1.82, 2.24) is 9.62 Å². The molecule has 1 atom stereocenters. The third-order valence-electron chi connectivity index (χ3n) is 4.54. The number of nitrogens with zero attached hydrogens (tertiary/aromatic N) is 1. The Labute approximate surface area is 178 Å². The summed E-state index contributed by atoms with van der Waals surface area (Å²) in [5.74, 6) is -1.53. The second kappa shape index (κ2) is 8.61. The lowest BCUT2D eigenvalue weighted by Crippen LogP contribution is -2.42. The van der Waals surface area contributed by atoms with Crippen molar-refractivity contribution >= 4 is 45.0 Å². The first-order valence-electron chi connectivity index (χ1n) is 8.63.